The Labute approximate surface area is 173 Å². The van der Waals surface area contributed by atoms with E-state index in [1.165, 1.54) is 0 Å². The fourth-order valence-corrected chi connectivity index (χ4v) is 3.69. The zero-order valence-electron chi connectivity index (χ0n) is 16.5. The number of esters is 1. The molecule has 2 aromatic carbocycles. The molecule has 2 amide bonds. The van der Waals surface area contributed by atoms with Crippen molar-refractivity contribution in [1.29, 1.82) is 0 Å². The van der Waals surface area contributed by atoms with Crippen molar-refractivity contribution in [3.63, 3.8) is 0 Å². The Hall–Kier alpha value is -3.74. The van der Waals surface area contributed by atoms with Gasteiger partial charge in [-0.15, -0.1) is 0 Å². The lowest BCUT2D eigenvalue weighted by atomic mass is 10.0. The average Bonchev–Trinajstić information content (AvgIpc) is 3.23. The van der Waals surface area contributed by atoms with E-state index >= 15 is 0 Å². The van der Waals surface area contributed by atoms with Crippen molar-refractivity contribution >= 4 is 34.4 Å². The van der Waals surface area contributed by atoms with Gasteiger partial charge in [-0.05, 0) is 55.2 Å². The number of pyridine rings is 1. The maximum Gasteiger partial charge on any atom is 0.339 e. The highest BCUT2D eigenvalue weighted by atomic mass is 16.5. The van der Waals surface area contributed by atoms with E-state index in [0.29, 0.717) is 16.8 Å². The van der Waals surface area contributed by atoms with Gasteiger partial charge in [0.2, 0.25) is 0 Å². The molecule has 0 spiro atoms. The number of anilines is 1. The molecule has 1 aromatic heterocycles. The van der Waals surface area contributed by atoms with Crippen molar-refractivity contribution in [3.05, 3.63) is 70.9 Å². The molecule has 0 aliphatic heterocycles. The van der Waals surface area contributed by atoms with Crippen LogP contribution in [0.4, 0.5) is 5.69 Å². The molecule has 0 saturated carbocycles. The first-order valence-electron chi connectivity index (χ1n) is 9.76. The lowest BCUT2D eigenvalue weighted by molar-refractivity contribution is -0.119. The van der Waals surface area contributed by atoms with Crippen LogP contribution >= 0.6 is 0 Å². The van der Waals surface area contributed by atoms with Gasteiger partial charge >= 0.3 is 5.97 Å². The van der Waals surface area contributed by atoms with E-state index in [1.807, 2.05) is 24.3 Å². The van der Waals surface area contributed by atoms with Gasteiger partial charge in [-0.3, -0.25) is 14.6 Å². The number of fused-ring (bicyclic) bond motifs is 2. The first kappa shape index (κ1) is 19.6. The Bertz CT molecular complexity index is 1140. The number of hydrogen-bond acceptors (Lipinski definition) is 5. The monoisotopic (exact) mass is 403 g/mol. The fraction of sp³-hybridized carbons (Fsp3) is 0.217. The summed E-state index contributed by atoms with van der Waals surface area (Å²) < 4.78 is 5.33. The topological polar surface area (TPSA) is 97.4 Å². The number of amides is 2. The second kappa shape index (κ2) is 8.32. The van der Waals surface area contributed by atoms with E-state index in [4.69, 9.17) is 4.74 Å². The number of rotatable bonds is 5. The highest BCUT2D eigenvalue weighted by molar-refractivity contribution is 6.06. The van der Waals surface area contributed by atoms with Crippen LogP contribution in [0.5, 0.6) is 0 Å². The smallest absolute Gasteiger partial charge is 0.339 e. The Kier molecular flexibility index (Phi) is 5.43. The van der Waals surface area contributed by atoms with Gasteiger partial charge in [-0.1, -0.05) is 18.2 Å². The molecule has 0 atom stereocenters. The highest BCUT2D eigenvalue weighted by Crippen LogP contribution is 2.30. The summed E-state index contributed by atoms with van der Waals surface area (Å²) in [5.41, 5.74) is 4.12. The third kappa shape index (κ3) is 3.87. The summed E-state index contributed by atoms with van der Waals surface area (Å²) in [6.45, 7) is -0.401. The van der Waals surface area contributed by atoms with Gasteiger partial charge in [-0.2, -0.15) is 0 Å². The molecule has 3 aromatic rings. The van der Waals surface area contributed by atoms with Crippen LogP contribution in [-0.4, -0.2) is 36.4 Å². The van der Waals surface area contributed by atoms with Gasteiger partial charge in [0.25, 0.3) is 11.8 Å². The van der Waals surface area contributed by atoms with Crippen LogP contribution in [0.15, 0.2) is 48.5 Å². The van der Waals surface area contributed by atoms with E-state index < -0.39 is 18.5 Å². The molecule has 1 aliphatic carbocycles. The van der Waals surface area contributed by atoms with Crippen LogP contribution in [0.3, 0.4) is 0 Å². The third-order valence-electron chi connectivity index (χ3n) is 5.12. The zero-order valence-corrected chi connectivity index (χ0v) is 16.5. The summed E-state index contributed by atoms with van der Waals surface area (Å²) in [6.07, 6.45) is 2.57. The lowest BCUT2D eigenvalue weighted by Gasteiger charge is -2.12. The van der Waals surface area contributed by atoms with Crippen LogP contribution in [0, 0.1) is 0 Å². The first-order chi connectivity index (χ1) is 14.6. The molecule has 7 heteroatoms. The van der Waals surface area contributed by atoms with Gasteiger partial charge in [-0.25, -0.2) is 4.79 Å². The number of para-hydroxylation sites is 1. The van der Waals surface area contributed by atoms with Crippen molar-refractivity contribution in [2.75, 3.05) is 19.0 Å². The number of benzene rings is 2. The van der Waals surface area contributed by atoms with Crippen LogP contribution in [0.2, 0.25) is 0 Å². The molecule has 30 heavy (non-hydrogen) atoms. The number of nitrogens with one attached hydrogen (secondary N) is 2. The number of ether oxygens (including phenoxy) is 1. The Balaban J connectivity index is 1.45. The molecular weight excluding hydrogens is 382 g/mol. The van der Waals surface area contributed by atoms with Gasteiger partial charge in [0.05, 0.1) is 11.1 Å². The summed E-state index contributed by atoms with van der Waals surface area (Å²) >= 11 is 0. The number of carbonyl (C=O) groups excluding carboxylic acids is 3. The molecule has 1 aliphatic rings. The van der Waals surface area contributed by atoms with Crippen molar-refractivity contribution < 1.29 is 19.1 Å². The average molecular weight is 403 g/mol. The van der Waals surface area contributed by atoms with E-state index in [0.717, 1.165) is 41.4 Å². The van der Waals surface area contributed by atoms with Crippen molar-refractivity contribution in [1.82, 2.24) is 10.3 Å². The maximum absolute atomic E-state index is 12.9. The second-order valence-corrected chi connectivity index (χ2v) is 7.06. The Morgan fingerprint density at radius 1 is 1.03 bits per heavy atom. The molecule has 1 heterocycles. The molecule has 0 radical (unpaired) electrons. The zero-order chi connectivity index (χ0) is 21.1. The van der Waals surface area contributed by atoms with Crippen LogP contribution in [0.25, 0.3) is 10.9 Å². The normalized spacial score (nSPS) is 12.3. The second-order valence-electron chi connectivity index (χ2n) is 7.06. The summed E-state index contributed by atoms with van der Waals surface area (Å²) in [5, 5.41) is 5.94. The number of hydrogen-bond donors (Lipinski definition) is 2. The van der Waals surface area contributed by atoms with E-state index in [-0.39, 0.29) is 5.91 Å². The van der Waals surface area contributed by atoms with E-state index in [1.54, 1.807) is 31.3 Å². The number of carbonyl (C=O) groups is 3. The van der Waals surface area contributed by atoms with Crippen LogP contribution in [-0.2, 0) is 22.4 Å². The molecule has 0 unspecified atom stereocenters. The maximum atomic E-state index is 12.9. The van der Waals surface area contributed by atoms with Gasteiger partial charge in [0.1, 0.15) is 0 Å². The molecule has 152 valence electrons. The quantitative estimate of drug-likeness (QED) is 0.639. The molecule has 0 saturated heterocycles. The van der Waals surface area contributed by atoms with Crippen LogP contribution < -0.4 is 10.6 Å². The summed E-state index contributed by atoms with van der Waals surface area (Å²) in [4.78, 5) is 41.3. The number of aryl methyl sites for hydroxylation is 1. The number of nitrogens with zero attached hydrogens (tertiary/aromatic N) is 1. The fourth-order valence-electron chi connectivity index (χ4n) is 3.69. The number of aromatic nitrogens is 1. The Morgan fingerprint density at radius 2 is 1.80 bits per heavy atom. The lowest BCUT2D eigenvalue weighted by Crippen LogP contribution is -2.22. The Morgan fingerprint density at radius 3 is 2.57 bits per heavy atom. The molecule has 4 rings (SSSR count). The predicted octanol–water partition coefficient (Wildman–Crippen LogP) is 2.88. The molecule has 0 fully saturated rings. The van der Waals surface area contributed by atoms with Crippen molar-refractivity contribution in [3.8, 4) is 0 Å². The van der Waals surface area contributed by atoms with Crippen molar-refractivity contribution in [2.24, 2.45) is 0 Å². The summed E-state index contributed by atoms with van der Waals surface area (Å²) in [7, 11) is 1.55. The van der Waals surface area contributed by atoms with Gasteiger partial charge < -0.3 is 15.4 Å². The highest BCUT2D eigenvalue weighted by Gasteiger charge is 2.25. The molecule has 0 bridgehead atoms. The summed E-state index contributed by atoms with van der Waals surface area (Å²) in [6, 6.07) is 13.9. The largest absolute Gasteiger partial charge is 0.452 e. The van der Waals surface area contributed by atoms with E-state index in [9.17, 15) is 14.4 Å². The summed E-state index contributed by atoms with van der Waals surface area (Å²) in [5.74, 6) is -1.18. The molecule has 2 N–H and O–H groups in total. The van der Waals surface area contributed by atoms with Crippen LogP contribution in [0.1, 0.15) is 38.4 Å². The van der Waals surface area contributed by atoms with Gasteiger partial charge in [0, 0.05) is 29.4 Å². The minimum absolute atomic E-state index is 0.209. The first-order valence-corrected chi connectivity index (χ1v) is 9.76. The van der Waals surface area contributed by atoms with Crippen molar-refractivity contribution in [2.45, 2.75) is 19.3 Å². The predicted molar refractivity (Wildman–Crippen MR) is 113 cm³/mol. The minimum Gasteiger partial charge on any atom is -0.452 e. The standard InChI is InChI=1S/C23H21N3O4/c1-24-22(28)14-9-11-15(12-10-14)25-20(27)13-30-23(29)21-16-5-2-3-7-18(16)26-19-8-4-6-17(19)21/h2-3,5,7,9-12H,4,6,8,13H2,1H3,(H,24,28)(H,25,27). The third-order valence-corrected chi connectivity index (χ3v) is 5.12. The van der Waals surface area contributed by atoms with Gasteiger partial charge in [0.15, 0.2) is 6.61 Å². The minimum atomic E-state index is -0.517. The molecule has 7 nitrogen and oxygen atoms in total. The SMILES string of the molecule is CNC(=O)c1ccc(NC(=O)COC(=O)c2c3c(nc4ccccc24)CCC3)cc1. The molecular formula is C23H21N3O4. The van der Waals surface area contributed by atoms with E-state index in [2.05, 4.69) is 15.6 Å².